The minimum absolute atomic E-state index is 0.106. The molecule has 0 bridgehead atoms. The molecule has 0 aliphatic carbocycles. The fraction of sp³-hybridized carbons (Fsp3) is 0.240. The largest absolute Gasteiger partial charge is 0.497 e. The zero-order valence-electron chi connectivity index (χ0n) is 19.5. The van der Waals surface area contributed by atoms with Crippen molar-refractivity contribution < 1.29 is 22.7 Å². The number of alkyl halides is 3. The molecular weight excluding hydrogens is 473 g/mol. The number of aromatic nitrogens is 4. The molecule has 0 fully saturated rings. The van der Waals surface area contributed by atoms with Gasteiger partial charge in [0.1, 0.15) is 17.4 Å². The Labute approximate surface area is 204 Å². The Morgan fingerprint density at radius 3 is 2.58 bits per heavy atom. The molecular formula is C25H23F3N6O2. The predicted molar refractivity (Wildman–Crippen MR) is 128 cm³/mol. The Balaban J connectivity index is 1.45. The zero-order chi connectivity index (χ0) is 25.4. The smallest absolute Gasteiger partial charge is 0.410 e. The molecule has 8 nitrogen and oxygen atoms in total. The topological polar surface area (TPSA) is 86.0 Å². The summed E-state index contributed by atoms with van der Waals surface area (Å²) in [4.78, 5) is 13.1. The van der Waals surface area contributed by atoms with E-state index in [1.165, 1.54) is 13.2 Å². The third kappa shape index (κ3) is 4.51. The monoisotopic (exact) mass is 496 g/mol. The van der Waals surface area contributed by atoms with Crippen LogP contribution in [0.15, 0.2) is 66.7 Å². The van der Waals surface area contributed by atoms with Crippen LogP contribution in [-0.2, 0) is 0 Å². The second kappa shape index (κ2) is 9.06. The molecule has 0 unspecified atom stereocenters. The van der Waals surface area contributed by atoms with Gasteiger partial charge in [-0.2, -0.15) is 23.4 Å². The van der Waals surface area contributed by atoms with Crippen LogP contribution in [-0.4, -0.2) is 38.8 Å². The van der Waals surface area contributed by atoms with Crippen molar-refractivity contribution in [1.29, 1.82) is 0 Å². The molecule has 1 aliphatic heterocycles. The average Bonchev–Trinajstić information content (AvgIpc) is 3.46. The number of halogens is 3. The van der Waals surface area contributed by atoms with Crippen molar-refractivity contribution in [2.75, 3.05) is 17.7 Å². The summed E-state index contributed by atoms with van der Waals surface area (Å²) < 4.78 is 49.7. The number of fused-ring (bicyclic) bond motifs is 1. The number of nitrogens with one attached hydrogen (secondary N) is 2. The quantitative estimate of drug-likeness (QED) is 0.392. The Kier molecular flexibility index (Phi) is 5.91. The highest BCUT2D eigenvalue weighted by molar-refractivity contribution is 6.03. The van der Waals surface area contributed by atoms with Crippen LogP contribution >= 0.6 is 0 Å². The minimum Gasteiger partial charge on any atom is -0.497 e. The van der Waals surface area contributed by atoms with Crippen molar-refractivity contribution in [1.82, 2.24) is 19.6 Å². The number of hydrogen-bond acceptors (Lipinski definition) is 5. The Morgan fingerprint density at radius 1 is 1.08 bits per heavy atom. The van der Waals surface area contributed by atoms with Crippen LogP contribution in [0.3, 0.4) is 0 Å². The molecule has 0 spiro atoms. The fourth-order valence-electron chi connectivity index (χ4n) is 4.30. The van der Waals surface area contributed by atoms with E-state index in [2.05, 4.69) is 20.8 Å². The van der Waals surface area contributed by atoms with Crippen molar-refractivity contribution in [2.45, 2.75) is 31.6 Å². The number of hydrogen-bond donors (Lipinski definition) is 2. The van der Waals surface area contributed by atoms with Gasteiger partial charge in [0.05, 0.1) is 24.5 Å². The lowest BCUT2D eigenvalue weighted by molar-refractivity contribution is -0.173. The van der Waals surface area contributed by atoms with E-state index < -0.39 is 24.2 Å². The third-order valence-electron chi connectivity index (χ3n) is 5.99. The van der Waals surface area contributed by atoms with Gasteiger partial charge >= 0.3 is 6.18 Å². The summed E-state index contributed by atoms with van der Waals surface area (Å²) in [6, 6.07) is 16.5. The lowest BCUT2D eigenvalue weighted by Gasteiger charge is -2.33. The zero-order valence-corrected chi connectivity index (χ0v) is 19.5. The molecule has 186 valence electrons. The summed E-state index contributed by atoms with van der Waals surface area (Å²) in [5.74, 6) is 0.385. The van der Waals surface area contributed by atoms with Gasteiger partial charge in [-0.3, -0.25) is 4.79 Å². The maximum absolute atomic E-state index is 14.0. The van der Waals surface area contributed by atoms with Gasteiger partial charge in [-0.1, -0.05) is 30.3 Å². The fourth-order valence-corrected chi connectivity index (χ4v) is 4.30. The first kappa shape index (κ1) is 23.5. The molecule has 0 radical (unpaired) electrons. The van der Waals surface area contributed by atoms with Crippen LogP contribution in [0.5, 0.6) is 5.75 Å². The van der Waals surface area contributed by atoms with E-state index in [0.717, 1.165) is 10.4 Å². The van der Waals surface area contributed by atoms with E-state index in [1.54, 1.807) is 41.9 Å². The van der Waals surface area contributed by atoms with E-state index in [-0.39, 0.29) is 17.9 Å². The SMILES string of the molecule is COc1cccc([C@H]2C[C@@H](C(F)(F)F)n3nc(C(=O)Nc4cc(C)nn4-c4ccccc4)cc3N2)c1. The number of anilines is 2. The molecule has 11 heteroatoms. The maximum Gasteiger partial charge on any atom is 0.410 e. The lowest BCUT2D eigenvalue weighted by atomic mass is 9.97. The highest BCUT2D eigenvalue weighted by atomic mass is 19.4. The van der Waals surface area contributed by atoms with Crippen molar-refractivity contribution >= 4 is 17.5 Å². The Bertz CT molecular complexity index is 1400. The minimum atomic E-state index is -4.56. The van der Waals surface area contributed by atoms with Gasteiger partial charge in [-0.15, -0.1) is 0 Å². The summed E-state index contributed by atoms with van der Waals surface area (Å²) >= 11 is 0. The summed E-state index contributed by atoms with van der Waals surface area (Å²) in [7, 11) is 1.50. The molecule has 1 aliphatic rings. The second-order valence-electron chi connectivity index (χ2n) is 8.50. The number of amides is 1. The molecule has 5 rings (SSSR count). The van der Waals surface area contributed by atoms with Crippen molar-refractivity contribution in [3.8, 4) is 11.4 Å². The number of carbonyl (C=O) groups excluding carboxylic acids is 1. The van der Waals surface area contributed by atoms with Gasteiger partial charge in [-0.05, 0) is 36.8 Å². The summed E-state index contributed by atoms with van der Waals surface area (Å²) in [6.07, 6.45) is -4.84. The van der Waals surface area contributed by atoms with Crippen LogP contribution in [0.4, 0.5) is 24.8 Å². The number of rotatable bonds is 5. The number of benzene rings is 2. The van der Waals surface area contributed by atoms with E-state index in [1.807, 2.05) is 30.3 Å². The molecule has 0 saturated carbocycles. The third-order valence-corrected chi connectivity index (χ3v) is 5.99. The molecule has 0 saturated heterocycles. The van der Waals surface area contributed by atoms with Crippen molar-refractivity contribution in [3.63, 3.8) is 0 Å². The summed E-state index contributed by atoms with van der Waals surface area (Å²) in [5.41, 5.74) is 1.89. The Morgan fingerprint density at radius 2 is 1.86 bits per heavy atom. The normalized spacial score (nSPS) is 17.2. The number of ether oxygens (including phenoxy) is 1. The summed E-state index contributed by atoms with van der Waals surface area (Å²) in [5, 5.41) is 14.3. The van der Waals surface area contributed by atoms with Crippen LogP contribution in [0, 0.1) is 6.92 Å². The van der Waals surface area contributed by atoms with Crippen LogP contribution in [0.2, 0.25) is 0 Å². The molecule has 2 N–H and O–H groups in total. The lowest BCUT2D eigenvalue weighted by Crippen LogP contribution is -2.35. The van der Waals surface area contributed by atoms with Crippen LogP contribution in [0.1, 0.15) is 40.3 Å². The molecule has 36 heavy (non-hydrogen) atoms. The molecule has 2 aromatic carbocycles. The molecule has 3 heterocycles. The highest BCUT2D eigenvalue weighted by Crippen LogP contribution is 2.44. The number of para-hydroxylation sites is 1. The summed E-state index contributed by atoms with van der Waals surface area (Å²) in [6.45, 7) is 1.78. The first-order chi connectivity index (χ1) is 17.2. The van der Waals surface area contributed by atoms with E-state index in [9.17, 15) is 18.0 Å². The standard InChI is InChI=1S/C25H23F3N6O2/c1-15-11-22(33(31-15)17-8-4-3-5-9-17)30-24(35)20-14-23-29-19(16-7-6-10-18(12-16)36-2)13-21(25(26,27)28)34(23)32-20/h3-12,14,19,21,29H,13H2,1-2H3,(H,30,35)/t19-,21+/m1/s1. The number of methoxy groups -OCH3 is 1. The predicted octanol–water partition coefficient (Wildman–Crippen LogP) is 5.30. The van der Waals surface area contributed by atoms with Gasteiger partial charge in [-0.25, -0.2) is 9.36 Å². The molecule has 2 aromatic heterocycles. The van der Waals surface area contributed by atoms with Gasteiger partial charge in [0.25, 0.3) is 5.91 Å². The van der Waals surface area contributed by atoms with E-state index in [4.69, 9.17) is 4.74 Å². The first-order valence-electron chi connectivity index (χ1n) is 11.2. The van der Waals surface area contributed by atoms with E-state index in [0.29, 0.717) is 22.8 Å². The molecule has 2 atom stereocenters. The molecule has 4 aromatic rings. The average molecular weight is 496 g/mol. The number of carbonyl (C=O) groups is 1. The van der Waals surface area contributed by atoms with Crippen molar-refractivity contribution in [3.05, 3.63) is 83.7 Å². The first-order valence-corrected chi connectivity index (χ1v) is 11.2. The van der Waals surface area contributed by atoms with Gasteiger partial charge < -0.3 is 15.4 Å². The van der Waals surface area contributed by atoms with Gasteiger partial charge in [0, 0.05) is 18.6 Å². The van der Waals surface area contributed by atoms with Gasteiger partial charge in [0.2, 0.25) is 0 Å². The second-order valence-corrected chi connectivity index (χ2v) is 8.50. The van der Waals surface area contributed by atoms with Crippen LogP contribution < -0.4 is 15.4 Å². The highest BCUT2D eigenvalue weighted by Gasteiger charge is 2.47. The number of nitrogens with zero attached hydrogens (tertiary/aromatic N) is 4. The molecule has 1 amide bonds. The maximum atomic E-state index is 14.0. The Hall–Kier alpha value is -4.28. The van der Waals surface area contributed by atoms with E-state index >= 15 is 0 Å². The van der Waals surface area contributed by atoms with Gasteiger partial charge in [0.15, 0.2) is 11.7 Å². The van der Waals surface area contributed by atoms with Crippen molar-refractivity contribution in [2.24, 2.45) is 0 Å². The van der Waals surface area contributed by atoms with Crippen LogP contribution in [0.25, 0.3) is 5.69 Å². The number of aryl methyl sites for hydroxylation is 1.